The summed E-state index contributed by atoms with van der Waals surface area (Å²) in [4.78, 5) is 40.3. The van der Waals surface area contributed by atoms with Gasteiger partial charge in [0.1, 0.15) is 0 Å². The Morgan fingerprint density at radius 1 is 0.470 bits per heavy atom. The van der Waals surface area contributed by atoms with Crippen LogP contribution in [0.2, 0.25) is 0 Å². The van der Waals surface area contributed by atoms with Crippen molar-refractivity contribution in [3.63, 3.8) is 0 Å². The van der Waals surface area contributed by atoms with Gasteiger partial charge in [0.2, 0.25) is 0 Å². The smallest absolute Gasteiger partial charge is 0.330 e. The molecule has 356 valence electrons. The van der Waals surface area contributed by atoms with Crippen LogP contribution in [0.15, 0.2) is 98.6 Å². The fourth-order valence-electron chi connectivity index (χ4n) is 7.80. The summed E-state index contributed by atoms with van der Waals surface area (Å²) in [5, 5.41) is 0. The minimum Gasteiger partial charge on any atom is -0.490 e. The average molecular weight is 905 g/mol. The summed E-state index contributed by atoms with van der Waals surface area (Å²) in [7, 11) is 0. The van der Waals surface area contributed by atoms with E-state index in [0.29, 0.717) is 62.8 Å². The highest BCUT2D eigenvalue weighted by atomic mass is 16.5. The molecule has 5 rings (SSSR count). The molecule has 0 unspecified atom stereocenters. The van der Waals surface area contributed by atoms with Crippen LogP contribution in [0.3, 0.4) is 0 Å². The van der Waals surface area contributed by atoms with Crippen LogP contribution >= 0.6 is 0 Å². The Labute approximate surface area is 393 Å². The van der Waals surface area contributed by atoms with Gasteiger partial charge in [-0.2, -0.15) is 0 Å². The van der Waals surface area contributed by atoms with Crippen LogP contribution in [0.5, 0.6) is 11.5 Å². The number of ether oxygens (including phenoxy) is 6. The first kappa shape index (κ1) is 51.5. The lowest BCUT2D eigenvalue weighted by Gasteiger charge is -2.31. The lowest BCUT2D eigenvalue weighted by atomic mass is 9.94. The summed E-state index contributed by atoms with van der Waals surface area (Å²) >= 11 is 0. The molecule has 1 saturated carbocycles. The monoisotopic (exact) mass is 905 g/mol. The van der Waals surface area contributed by atoms with Gasteiger partial charge >= 0.3 is 11.9 Å². The van der Waals surface area contributed by atoms with Crippen molar-refractivity contribution in [3.05, 3.63) is 110 Å². The van der Waals surface area contributed by atoms with Crippen molar-refractivity contribution >= 4 is 11.9 Å². The number of nitrogens with zero attached hydrogens (tertiary/aromatic N) is 4. The third-order valence-corrected chi connectivity index (χ3v) is 11.7. The van der Waals surface area contributed by atoms with Crippen LogP contribution in [-0.4, -0.2) is 70.5 Å². The number of unbranched alkanes of at least 4 members (excludes halogenated alkanes) is 14. The summed E-state index contributed by atoms with van der Waals surface area (Å²) in [6.45, 7) is 10.1. The van der Waals surface area contributed by atoms with E-state index in [4.69, 9.17) is 28.4 Å². The lowest BCUT2D eigenvalue weighted by Crippen LogP contribution is -2.34. The van der Waals surface area contributed by atoms with Gasteiger partial charge in [0.15, 0.2) is 23.1 Å². The zero-order chi connectivity index (χ0) is 46.3. The van der Waals surface area contributed by atoms with E-state index >= 15 is 0 Å². The Morgan fingerprint density at radius 2 is 0.788 bits per heavy atom. The molecule has 0 saturated heterocycles. The first-order valence-electron chi connectivity index (χ1n) is 24.4. The van der Waals surface area contributed by atoms with Gasteiger partial charge < -0.3 is 28.4 Å². The van der Waals surface area contributed by atoms with Crippen molar-refractivity contribution in [2.75, 3.05) is 26.4 Å². The molecule has 4 aromatic rings. The van der Waals surface area contributed by atoms with Crippen LogP contribution in [0.25, 0.3) is 22.8 Å². The van der Waals surface area contributed by atoms with Crippen LogP contribution < -0.4 is 9.47 Å². The molecule has 2 heterocycles. The molecule has 1 fully saturated rings. The highest BCUT2D eigenvalue weighted by Crippen LogP contribution is 2.27. The van der Waals surface area contributed by atoms with E-state index in [-0.39, 0.29) is 24.1 Å². The van der Waals surface area contributed by atoms with E-state index in [2.05, 4.69) is 57.4 Å². The number of carbonyl (C=O) groups excluding carboxylic acids is 2. The van der Waals surface area contributed by atoms with Crippen LogP contribution in [-0.2, 0) is 41.8 Å². The molecular weight excluding hydrogens is 833 g/mol. The molecule has 0 spiro atoms. The second kappa shape index (κ2) is 31.5. The Balaban J connectivity index is 0.914. The van der Waals surface area contributed by atoms with Gasteiger partial charge in [0, 0.05) is 23.3 Å². The molecule has 12 heteroatoms. The summed E-state index contributed by atoms with van der Waals surface area (Å²) in [6.07, 6.45) is 31.5. The first-order valence-corrected chi connectivity index (χ1v) is 24.4. The third kappa shape index (κ3) is 20.4. The molecule has 0 radical (unpaired) electrons. The second-order valence-electron chi connectivity index (χ2n) is 17.0. The molecule has 0 bridgehead atoms. The van der Waals surface area contributed by atoms with Gasteiger partial charge in [0.25, 0.3) is 0 Å². The highest BCUT2D eigenvalue weighted by molar-refractivity contribution is 5.81. The third-order valence-electron chi connectivity index (χ3n) is 11.7. The topological polar surface area (TPSA) is 141 Å². The van der Waals surface area contributed by atoms with Crippen molar-refractivity contribution in [3.8, 4) is 34.3 Å². The quantitative estimate of drug-likeness (QED) is 0.0250. The molecule has 66 heavy (non-hydrogen) atoms. The van der Waals surface area contributed by atoms with Crippen molar-refractivity contribution < 1.29 is 38.0 Å². The Hall–Kier alpha value is -5.46. The Morgan fingerprint density at radius 3 is 1.12 bits per heavy atom. The Kier molecular flexibility index (Phi) is 24.6. The minimum atomic E-state index is -0.344. The molecular formula is C54H72N4O8. The van der Waals surface area contributed by atoms with Gasteiger partial charge in [0.05, 0.1) is 76.6 Å². The van der Waals surface area contributed by atoms with Crippen molar-refractivity contribution in [1.82, 2.24) is 19.9 Å². The van der Waals surface area contributed by atoms with E-state index in [1.807, 2.05) is 24.3 Å². The number of aromatic nitrogens is 4. The summed E-state index contributed by atoms with van der Waals surface area (Å²) in [6, 6.07) is 16.5. The van der Waals surface area contributed by atoms with Gasteiger partial charge in [-0.25, -0.2) is 29.5 Å². The summed E-state index contributed by atoms with van der Waals surface area (Å²) in [5.74, 6) is 2.01. The zero-order valence-corrected chi connectivity index (χ0v) is 39.1. The van der Waals surface area contributed by atoms with Crippen molar-refractivity contribution in [2.45, 2.75) is 154 Å². The minimum absolute atomic E-state index is 0.0466. The summed E-state index contributed by atoms with van der Waals surface area (Å²) in [5.41, 5.74) is 4.10. The predicted octanol–water partition coefficient (Wildman–Crippen LogP) is 12.1. The van der Waals surface area contributed by atoms with Gasteiger partial charge in [-0.1, -0.05) is 152 Å². The van der Waals surface area contributed by atoms with E-state index in [1.54, 1.807) is 24.8 Å². The van der Waals surface area contributed by atoms with Gasteiger partial charge in [-0.05, 0) is 49.7 Å². The maximum absolute atomic E-state index is 11.1. The number of esters is 2. The van der Waals surface area contributed by atoms with Crippen LogP contribution in [0, 0.1) is 0 Å². The van der Waals surface area contributed by atoms with E-state index < -0.39 is 0 Å². The highest BCUT2D eigenvalue weighted by Gasteiger charge is 2.27. The number of rotatable bonds is 34. The lowest BCUT2D eigenvalue weighted by molar-refractivity contribution is -0.138. The fraction of sp³-hybridized carbons (Fsp3) is 0.519. The Bertz CT molecular complexity index is 1820. The fourth-order valence-corrected chi connectivity index (χ4v) is 7.80. The van der Waals surface area contributed by atoms with E-state index in [9.17, 15) is 9.59 Å². The summed E-state index contributed by atoms with van der Waals surface area (Å²) < 4.78 is 34.7. The largest absolute Gasteiger partial charge is 0.490 e. The molecule has 0 aliphatic heterocycles. The normalized spacial score (nSPS) is 14.6. The molecule has 1 aliphatic rings. The maximum Gasteiger partial charge on any atom is 0.330 e. The number of benzene rings is 2. The molecule has 1 aliphatic carbocycles. The van der Waals surface area contributed by atoms with Gasteiger partial charge in [-0.15, -0.1) is 0 Å². The molecule has 12 nitrogen and oxygen atoms in total. The number of hydrogen-bond donors (Lipinski definition) is 0. The average Bonchev–Trinajstić information content (AvgIpc) is 3.36. The van der Waals surface area contributed by atoms with E-state index in [0.717, 1.165) is 112 Å². The van der Waals surface area contributed by atoms with Crippen molar-refractivity contribution in [1.29, 1.82) is 0 Å². The number of carbonyl (C=O) groups is 2. The van der Waals surface area contributed by atoms with Crippen LogP contribution in [0.1, 0.15) is 140 Å². The standard InChI is InChI=1S/C54H72N4O8/c1-3-51(59)63-35-21-15-11-7-5-9-13-19-33-61-47-37-55-53(56-38-47)45-29-25-43(26-30-45)41-65-49-23-17-18-24-50(49)66-42-44-27-31-46(32-28-44)54-57-39-48(40-58-54)62-34-20-14-10-6-8-12-16-22-36-64-52(60)4-2/h3-4,25-32,37-40,49-50H,1-2,5-24,33-36,41-42H2/t49-,50-/m1/s1. The van der Waals surface area contributed by atoms with Crippen molar-refractivity contribution in [2.24, 2.45) is 0 Å². The molecule has 0 N–H and O–H groups in total. The molecule has 2 aromatic heterocycles. The van der Waals surface area contributed by atoms with E-state index in [1.165, 1.54) is 50.7 Å². The molecule has 0 amide bonds. The zero-order valence-electron chi connectivity index (χ0n) is 39.1. The first-order chi connectivity index (χ1) is 32.5. The predicted molar refractivity (Wildman–Crippen MR) is 258 cm³/mol. The number of hydrogen-bond acceptors (Lipinski definition) is 12. The maximum atomic E-state index is 11.1. The SMILES string of the molecule is C=CC(=O)OCCCCCCCCCCOc1cnc(-c2ccc(CO[C@@H]3CCCC[C@H]3OCc3ccc(-c4ncc(OCCCCCCCCCCOC(=O)C=C)cn4)cc3)cc2)nc1. The molecule has 2 aromatic carbocycles. The molecule has 2 atom stereocenters. The second-order valence-corrected chi connectivity index (χ2v) is 17.0. The van der Waals surface area contributed by atoms with Gasteiger partial charge in [-0.3, -0.25) is 0 Å². The van der Waals surface area contributed by atoms with Crippen LogP contribution in [0.4, 0.5) is 0 Å².